The summed E-state index contributed by atoms with van der Waals surface area (Å²) in [5.74, 6) is 0.466. The van der Waals surface area contributed by atoms with Gasteiger partial charge in [-0.2, -0.15) is 6.08 Å². The van der Waals surface area contributed by atoms with E-state index < -0.39 is 0 Å². The molecule has 5 heteroatoms. The number of rotatable bonds is 1. The topological polar surface area (TPSA) is 23.8 Å². The van der Waals surface area contributed by atoms with Crippen LogP contribution in [0.4, 0.5) is 5.69 Å². The second-order valence-corrected chi connectivity index (χ2v) is 5.74. The first-order valence-corrected chi connectivity index (χ1v) is 8.65. The van der Waals surface area contributed by atoms with Gasteiger partial charge in [0.15, 0.2) is 0 Å². The molecular weight excluding hydrogens is 496 g/mol. The molecule has 1 aliphatic carbocycles. The molecule has 0 fully saturated rings. The Bertz CT molecular complexity index is 418. The van der Waals surface area contributed by atoms with Crippen LogP contribution in [0.1, 0.15) is 38.7 Å². The summed E-state index contributed by atoms with van der Waals surface area (Å²) in [5.41, 5.74) is 10.6. The SMILES string of the molecule is CC(C)c1ccccc1[NH-].CC1=CC[C-]=C1.C[Si]C.[Cl-].[Cl-].[Hf+4]. The van der Waals surface area contributed by atoms with E-state index in [0.29, 0.717) is 11.6 Å². The number of nitrogens with one attached hydrogen (secondary N) is 1. The molecule has 0 amide bonds. The molecule has 0 bridgehead atoms. The summed E-state index contributed by atoms with van der Waals surface area (Å²) in [6, 6.07) is 7.71. The molecule has 120 valence electrons. The van der Waals surface area contributed by atoms with Crippen LogP contribution in [-0.4, -0.2) is 9.52 Å². The molecule has 2 radical (unpaired) electrons. The van der Waals surface area contributed by atoms with Gasteiger partial charge < -0.3 is 30.5 Å². The molecule has 1 N–H and O–H groups in total. The van der Waals surface area contributed by atoms with Crippen LogP contribution < -0.4 is 24.8 Å². The summed E-state index contributed by atoms with van der Waals surface area (Å²) in [4.78, 5) is 0. The standard InChI is InChI=1S/C9H12N.C6H7.C2H6Si.2ClH.Hf/c1-7(2)8-5-3-4-6-9(8)10;1-6-4-2-3-5-6;1-3-2;;;/h3-7,10H,1-2H3;4-5H,2H2,1H3;1-2H3;2*1H;/q2*-1;;;;+4/p-2. The smallest absolute Gasteiger partial charge is 1.00 e. The van der Waals surface area contributed by atoms with E-state index >= 15 is 0 Å². The van der Waals surface area contributed by atoms with Crippen molar-refractivity contribution >= 4 is 15.2 Å². The van der Waals surface area contributed by atoms with Crippen LogP contribution in [0.25, 0.3) is 5.73 Å². The normalized spacial score (nSPS) is 10.5. The van der Waals surface area contributed by atoms with Gasteiger partial charge in [0.2, 0.25) is 0 Å². The summed E-state index contributed by atoms with van der Waals surface area (Å²) in [5, 5.41) is 0. The van der Waals surface area contributed by atoms with Crippen LogP contribution in [0.3, 0.4) is 0 Å². The van der Waals surface area contributed by atoms with Crippen LogP contribution in [0.2, 0.25) is 13.1 Å². The summed E-state index contributed by atoms with van der Waals surface area (Å²) >= 11 is 0. The molecule has 1 aromatic rings. The Morgan fingerprint density at radius 3 is 1.86 bits per heavy atom. The van der Waals surface area contributed by atoms with Gasteiger partial charge in [-0.25, -0.2) is 11.6 Å². The van der Waals surface area contributed by atoms with Crippen molar-refractivity contribution in [2.75, 3.05) is 0 Å². The van der Waals surface area contributed by atoms with Crippen molar-refractivity contribution in [1.29, 1.82) is 0 Å². The molecule has 0 atom stereocenters. The van der Waals surface area contributed by atoms with Gasteiger partial charge >= 0.3 is 25.8 Å². The predicted octanol–water partition coefficient (Wildman–Crippen LogP) is -0.0182. The zero-order valence-corrected chi connectivity index (χ0v) is 20.1. The van der Waals surface area contributed by atoms with E-state index in [1.54, 1.807) is 0 Å². The molecule has 0 aliphatic heterocycles. The van der Waals surface area contributed by atoms with Gasteiger partial charge in [-0.15, -0.1) is 19.0 Å². The molecule has 0 heterocycles. The fourth-order valence-electron chi connectivity index (χ4n) is 1.50. The monoisotopic (exact) mass is 521 g/mol. The zero-order valence-electron chi connectivity index (χ0n) is 14.0. The summed E-state index contributed by atoms with van der Waals surface area (Å²) < 4.78 is 0. The van der Waals surface area contributed by atoms with Crippen molar-refractivity contribution in [1.82, 2.24) is 0 Å². The van der Waals surface area contributed by atoms with Gasteiger partial charge in [0.05, 0.1) is 0 Å². The van der Waals surface area contributed by atoms with Crippen molar-refractivity contribution in [3.8, 4) is 0 Å². The van der Waals surface area contributed by atoms with E-state index in [4.69, 9.17) is 5.73 Å². The van der Waals surface area contributed by atoms with E-state index in [1.807, 2.05) is 30.3 Å². The van der Waals surface area contributed by atoms with Crippen LogP contribution in [0, 0.1) is 6.08 Å². The first-order chi connectivity index (χ1) is 9.02. The summed E-state index contributed by atoms with van der Waals surface area (Å²) in [7, 11) is 1.08. The Morgan fingerprint density at radius 2 is 1.64 bits per heavy atom. The minimum absolute atomic E-state index is 0. The Morgan fingerprint density at radius 1 is 1.14 bits per heavy atom. The number of hydrogen-bond acceptors (Lipinski definition) is 0. The number of hydrogen-bond donors (Lipinski definition) is 0. The average Bonchev–Trinajstić information content (AvgIpc) is 2.82. The van der Waals surface area contributed by atoms with Crippen LogP contribution in [0.5, 0.6) is 0 Å². The Labute approximate surface area is 170 Å². The second-order valence-electron chi connectivity index (χ2n) is 4.74. The van der Waals surface area contributed by atoms with Crippen molar-refractivity contribution in [2.24, 2.45) is 0 Å². The first-order valence-electron chi connectivity index (χ1n) is 6.65. The van der Waals surface area contributed by atoms with E-state index in [-0.39, 0.29) is 50.7 Å². The van der Waals surface area contributed by atoms with Crippen molar-refractivity contribution in [2.45, 2.75) is 46.2 Å². The zero-order chi connectivity index (χ0) is 14.7. The molecule has 2 rings (SSSR count). The molecule has 0 spiro atoms. The third-order valence-corrected chi connectivity index (χ3v) is 2.45. The quantitative estimate of drug-likeness (QED) is 0.367. The largest absolute Gasteiger partial charge is 4.00 e. The van der Waals surface area contributed by atoms with Gasteiger partial charge in [0, 0.05) is 9.52 Å². The van der Waals surface area contributed by atoms with Gasteiger partial charge in [0.25, 0.3) is 0 Å². The molecule has 0 saturated heterocycles. The number of benzene rings is 1. The molecule has 1 aliphatic rings. The van der Waals surface area contributed by atoms with Crippen molar-refractivity contribution < 1.29 is 50.7 Å². The Hall–Kier alpha value is 0.167. The molecule has 0 unspecified atom stereocenters. The second kappa shape index (κ2) is 19.2. The van der Waals surface area contributed by atoms with Gasteiger partial charge in [0.1, 0.15) is 0 Å². The minimum Gasteiger partial charge on any atom is -1.00 e. The van der Waals surface area contributed by atoms with Gasteiger partial charge in [-0.3, -0.25) is 6.08 Å². The van der Waals surface area contributed by atoms with Crippen LogP contribution >= 0.6 is 0 Å². The maximum absolute atomic E-state index is 7.50. The van der Waals surface area contributed by atoms with Crippen molar-refractivity contribution in [3.05, 3.63) is 59.4 Å². The fraction of sp³-hybridized carbons (Fsp3) is 0.412. The summed E-state index contributed by atoms with van der Waals surface area (Å²) in [6.45, 7) is 10.6. The van der Waals surface area contributed by atoms with E-state index in [9.17, 15) is 0 Å². The van der Waals surface area contributed by atoms with E-state index in [1.165, 1.54) is 5.57 Å². The molecule has 1 aromatic carbocycles. The molecule has 22 heavy (non-hydrogen) atoms. The van der Waals surface area contributed by atoms with Crippen molar-refractivity contribution in [3.63, 3.8) is 0 Å². The average molecular weight is 521 g/mol. The van der Waals surface area contributed by atoms with E-state index in [2.05, 4.69) is 46.0 Å². The predicted molar refractivity (Wildman–Crippen MR) is 88.2 cm³/mol. The fourth-order valence-corrected chi connectivity index (χ4v) is 1.50. The molecule has 0 aromatic heterocycles. The summed E-state index contributed by atoms with van der Waals surface area (Å²) in [6.07, 6.45) is 8.24. The van der Waals surface area contributed by atoms with Gasteiger partial charge in [-0.1, -0.05) is 56.8 Å². The maximum atomic E-state index is 7.50. The molecule has 1 nitrogen and oxygen atoms in total. The first kappa shape index (κ1) is 30.1. The number of allylic oxidation sites excluding steroid dienone is 4. The third-order valence-electron chi connectivity index (χ3n) is 2.45. The Balaban J connectivity index is -0.000000118. The number of halogens is 2. The maximum Gasteiger partial charge on any atom is 4.00 e. The minimum atomic E-state index is 0. The van der Waals surface area contributed by atoms with Crippen LogP contribution in [-0.2, 0) is 25.8 Å². The molecular formula is C17H25Cl2HfNSi. The Kier molecular flexibility index (Phi) is 26.3. The third kappa shape index (κ3) is 15.1. The van der Waals surface area contributed by atoms with Crippen LogP contribution in [0.15, 0.2) is 42.0 Å². The molecule has 0 saturated carbocycles. The van der Waals surface area contributed by atoms with E-state index in [0.717, 1.165) is 21.5 Å². The van der Waals surface area contributed by atoms with Gasteiger partial charge in [-0.05, 0) is 5.92 Å².